The highest BCUT2D eigenvalue weighted by Gasteiger charge is 2.11. The molecule has 10 heteroatoms. The van der Waals surface area contributed by atoms with E-state index in [1.165, 1.54) is 10.9 Å². The van der Waals surface area contributed by atoms with Crippen molar-refractivity contribution in [3.05, 3.63) is 71.7 Å². The third-order valence-electron chi connectivity index (χ3n) is 5.43. The summed E-state index contributed by atoms with van der Waals surface area (Å²) in [4.78, 5) is 17.0. The van der Waals surface area contributed by atoms with Crippen LogP contribution < -0.4 is 25.4 Å². The van der Waals surface area contributed by atoms with Crippen LogP contribution in [0.1, 0.15) is 17.0 Å². The van der Waals surface area contributed by atoms with E-state index in [0.717, 1.165) is 23.3 Å². The molecule has 4 N–H and O–H groups in total. The number of aliphatic imine (C=N–C) groups is 1. The number of fused-ring (bicyclic) bond motifs is 1. The maximum atomic E-state index is 5.58. The molecule has 0 unspecified atom stereocenters. The molecule has 2 heterocycles. The van der Waals surface area contributed by atoms with Gasteiger partial charge in [0.1, 0.15) is 11.5 Å². The molecule has 2 aromatic heterocycles. The predicted octanol–water partition coefficient (Wildman–Crippen LogP) is 4.59. The van der Waals surface area contributed by atoms with Gasteiger partial charge in [0.05, 0.1) is 19.9 Å². The van der Waals surface area contributed by atoms with Crippen LogP contribution in [0.25, 0.3) is 10.9 Å². The Balaban J connectivity index is 1.52. The molecule has 0 saturated heterocycles. The fourth-order valence-corrected chi connectivity index (χ4v) is 4.00. The van der Waals surface area contributed by atoms with Crippen molar-refractivity contribution >= 4 is 45.8 Å². The van der Waals surface area contributed by atoms with Crippen molar-refractivity contribution in [2.75, 3.05) is 31.4 Å². The highest BCUT2D eigenvalue weighted by Crippen LogP contribution is 2.28. The number of aromatic nitrogens is 3. The van der Waals surface area contributed by atoms with Gasteiger partial charge in [0.2, 0.25) is 11.9 Å². The molecule has 36 heavy (non-hydrogen) atoms. The molecule has 0 saturated carbocycles. The molecule has 0 amide bonds. The summed E-state index contributed by atoms with van der Waals surface area (Å²) in [5.74, 6) is 2.17. The number of hydrogen-bond donors (Lipinski definition) is 4. The summed E-state index contributed by atoms with van der Waals surface area (Å²) in [7, 11) is 3.20. The number of ether oxygens (including phenoxy) is 2. The minimum absolute atomic E-state index is 0.323. The summed E-state index contributed by atoms with van der Waals surface area (Å²) in [6.45, 7) is 4.36. The Bertz CT molecular complexity index is 1380. The first-order valence-electron chi connectivity index (χ1n) is 11.4. The van der Waals surface area contributed by atoms with E-state index in [9.17, 15) is 0 Å². The Hall–Kier alpha value is -4.18. The van der Waals surface area contributed by atoms with Gasteiger partial charge in [-0.3, -0.25) is 10.3 Å². The Morgan fingerprint density at radius 2 is 1.78 bits per heavy atom. The number of rotatable bonds is 7. The maximum absolute atomic E-state index is 5.58. The van der Waals surface area contributed by atoms with Gasteiger partial charge in [0.15, 0.2) is 5.11 Å². The number of H-pyrrole nitrogens is 1. The van der Waals surface area contributed by atoms with Gasteiger partial charge >= 0.3 is 0 Å². The lowest BCUT2D eigenvalue weighted by Crippen LogP contribution is -2.39. The summed E-state index contributed by atoms with van der Waals surface area (Å²) >= 11 is 5.58. The second-order valence-corrected chi connectivity index (χ2v) is 8.49. The van der Waals surface area contributed by atoms with E-state index < -0.39 is 0 Å². The normalized spacial score (nSPS) is 11.3. The smallest absolute Gasteiger partial charge is 0.229 e. The Kier molecular flexibility index (Phi) is 7.96. The molecular weight excluding hydrogens is 474 g/mol. The van der Waals surface area contributed by atoms with Crippen LogP contribution in [0.3, 0.4) is 0 Å². The third kappa shape index (κ3) is 6.28. The van der Waals surface area contributed by atoms with Crippen molar-refractivity contribution in [1.82, 2.24) is 20.3 Å². The number of guanidine groups is 1. The van der Waals surface area contributed by atoms with Crippen LogP contribution in [-0.2, 0) is 6.42 Å². The number of aryl methyl sites for hydroxylation is 2. The molecular formula is C26H29N7O2S. The predicted molar refractivity (Wildman–Crippen MR) is 148 cm³/mol. The van der Waals surface area contributed by atoms with Gasteiger partial charge in [-0.05, 0) is 62.3 Å². The van der Waals surface area contributed by atoms with Crippen LogP contribution in [0.2, 0.25) is 0 Å². The van der Waals surface area contributed by atoms with Crippen molar-refractivity contribution in [2.24, 2.45) is 4.99 Å². The first kappa shape index (κ1) is 24.9. The topological polar surface area (TPSA) is 108 Å². The van der Waals surface area contributed by atoms with Crippen LogP contribution in [0.15, 0.2) is 59.7 Å². The zero-order chi connectivity index (χ0) is 25.5. The van der Waals surface area contributed by atoms with E-state index in [2.05, 4.69) is 43.0 Å². The number of nitrogens with one attached hydrogen (secondary N) is 4. The lowest BCUT2D eigenvalue weighted by molar-refractivity contribution is 0.405. The molecule has 0 radical (unpaired) electrons. The van der Waals surface area contributed by atoms with Gasteiger partial charge in [-0.15, -0.1) is 0 Å². The fourth-order valence-electron chi connectivity index (χ4n) is 3.80. The van der Waals surface area contributed by atoms with Gasteiger partial charge in [0, 0.05) is 41.1 Å². The minimum atomic E-state index is 0.323. The zero-order valence-corrected chi connectivity index (χ0v) is 21.5. The average molecular weight is 504 g/mol. The number of aromatic amines is 1. The molecule has 4 rings (SSSR count). The monoisotopic (exact) mass is 503 g/mol. The van der Waals surface area contributed by atoms with Crippen molar-refractivity contribution in [3.63, 3.8) is 0 Å². The van der Waals surface area contributed by atoms with E-state index in [1.54, 1.807) is 20.3 Å². The lowest BCUT2D eigenvalue weighted by atomic mass is 10.1. The molecule has 186 valence electrons. The van der Waals surface area contributed by atoms with Crippen LogP contribution >= 0.6 is 12.2 Å². The summed E-state index contributed by atoms with van der Waals surface area (Å²) in [6.07, 6.45) is 2.77. The van der Waals surface area contributed by atoms with Crippen molar-refractivity contribution in [1.29, 1.82) is 0 Å². The SMILES string of the molecule is COc1ccc(OC)c(NC(=S)NC(=NCCc2c[nH]c3ccccc23)Nc2nc(C)cc(C)n2)c1. The van der Waals surface area contributed by atoms with Gasteiger partial charge in [-0.25, -0.2) is 9.97 Å². The summed E-state index contributed by atoms with van der Waals surface area (Å²) < 4.78 is 10.8. The minimum Gasteiger partial charge on any atom is -0.497 e. The molecule has 0 aliphatic carbocycles. The van der Waals surface area contributed by atoms with E-state index in [-0.39, 0.29) is 0 Å². The third-order valence-corrected chi connectivity index (χ3v) is 5.63. The van der Waals surface area contributed by atoms with Crippen molar-refractivity contribution in [3.8, 4) is 11.5 Å². The second kappa shape index (κ2) is 11.5. The molecule has 9 nitrogen and oxygen atoms in total. The molecule has 0 bridgehead atoms. The fraction of sp³-hybridized carbons (Fsp3) is 0.231. The molecule has 0 aliphatic rings. The van der Waals surface area contributed by atoms with Crippen molar-refractivity contribution < 1.29 is 9.47 Å². The van der Waals surface area contributed by atoms with E-state index in [4.69, 9.17) is 26.7 Å². The van der Waals surface area contributed by atoms with Gasteiger partial charge < -0.3 is 25.1 Å². The molecule has 0 fully saturated rings. The quantitative estimate of drug-likeness (QED) is 0.165. The highest BCUT2D eigenvalue weighted by atomic mass is 32.1. The van der Waals surface area contributed by atoms with Gasteiger partial charge in [-0.1, -0.05) is 18.2 Å². The maximum Gasteiger partial charge on any atom is 0.229 e. The number of nitrogens with zero attached hydrogens (tertiary/aromatic N) is 3. The van der Waals surface area contributed by atoms with Gasteiger partial charge in [0.25, 0.3) is 0 Å². The van der Waals surface area contributed by atoms with Crippen LogP contribution in [0.5, 0.6) is 11.5 Å². The molecule has 0 spiro atoms. The second-order valence-electron chi connectivity index (χ2n) is 8.08. The number of para-hydroxylation sites is 1. The van der Waals surface area contributed by atoms with Gasteiger partial charge in [-0.2, -0.15) is 0 Å². The Labute approximate surface area is 215 Å². The first-order chi connectivity index (χ1) is 17.4. The Morgan fingerprint density at radius 3 is 2.53 bits per heavy atom. The zero-order valence-electron chi connectivity index (χ0n) is 20.7. The van der Waals surface area contributed by atoms with Crippen molar-refractivity contribution in [2.45, 2.75) is 20.3 Å². The average Bonchev–Trinajstić information content (AvgIpc) is 3.26. The summed E-state index contributed by atoms with van der Waals surface area (Å²) in [5.41, 5.74) is 4.66. The molecule has 2 aromatic carbocycles. The number of anilines is 2. The van der Waals surface area contributed by atoms with E-state index in [1.807, 2.05) is 50.4 Å². The number of benzene rings is 2. The van der Waals surface area contributed by atoms with Crippen LogP contribution in [-0.4, -0.2) is 46.8 Å². The summed E-state index contributed by atoms with van der Waals surface area (Å²) in [6, 6.07) is 15.6. The number of thiocarbonyl (C=S) groups is 1. The number of hydrogen-bond acceptors (Lipinski definition) is 6. The largest absolute Gasteiger partial charge is 0.497 e. The highest BCUT2D eigenvalue weighted by molar-refractivity contribution is 7.80. The standard InChI is InChI=1S/C26H29N7O2S/c1-16-13-17(2)30-25(29-16)32-24(27-12-11-18-15-28-21-8-6-5-7-20(18)21)33-26(36)31-22-14-19(34-3)9-10-23(22)35-4/h5-10,13-15,28H,11-12H2,1-4H3,(H3,27,29,30,31,32,33,36). The number of methoxy groups -OCH3 is 2. The molecule has 4 aromatic rings. The molecule has 0 aliphatic heterocycles. The van der Waals surface area contributed by atoms with E-state index >= 15 is 0 Å². The Morgan fingerprint density at radius 1 is 1.00 bits per heavy atom. The summed E-state index contributed by atoms with van der Waals surface area (Å²) in [5, 5.41) is 11.0. The lowest BCUT2D eigenvalue weighted by Gasteiger charge is -2.16. The first-order valence-corrected chi connectivity index (χ1v) is 11.8. The van der Waals surface area contributed by atoms with E-state index in [0.29, 0.717) is 40.8 Å². The van der Waals surface area contributed by atoms with Crippen LogP contribution in [0.4, 0.5) is 11.6 Å². The molecule has 0 atom stereocenters. The van der Waals surface area contributed by atoms with Crippen LogP contribution in [0, 0.1) is 13.8 Å².